The number of hydrogen-bond acceptors (Lipinski definition) is 11. The van der Waals surface area contributed by atoms with Crippen LogP contribution in [0.4, 0.5) is 11.4 Å². The Morgan fingerprint density at radius 3 is 2.58 bits per heavy atom. The average Bonchev–Trinajstić information content (AvgIpc) is 3.77. The first-order valence-corrected chi connectivity index (χ1v) is 24.4. The number of nitrogens with one attached hydrogen (secondary N) is 2. The first kappa shape index (κ1) is 44.7. The Kier molecular flexibility index (Phi) is 12.9. The van der Waals surface area contributed by atoms with E-state index in [2.05, 4.69) is 50.5 Å². The first-order chi connectivity index (χ1) is 31.3. The summed E-state index contributed by atoms with van der Waals surface area (Å²) in [5.74, 6) is -0.514. The fourth-order valence-electron chi connectivity index (χ4n) is 9.74. The number of sulfonamides is 1. The maximum Gasteiger partial charge on any atom is 0.277 e. The van der Waals surface area contributed by atoms with Crippen molar-refractivity contribution in [1.82, 2.24) is 19.6 Å². The van der Waals surface area contributed by atoms with Gasteiger partial charge >= 0.3 is 0 Å². The molecule has 14 nitrogen and oxygen atoms in total. The minimum atomic E-state index is -4.63. The largest absolute Gasteiger partial charge is 0.493 e. The zero-order valence-corrected chi connectivity index (χ0v) is 38.4. The maximum absolute atomic E-state index is 14.1. The summed E-state index contributed by atoms with van der Waals surface area (Å²) in [6, 6.07) is 19.1. The van der Waals surface area contributed by atoms with Crippen LogP contribution in [0.2, 0.25) is 5.02 Å². The van der Waals surface area contributed by atoms with Crippen molar-refractivity contribution in [3.05, 3.63) is 117 Å². The van der Waals surface area contributed by atoms with E-state index in [1.165, 1.54) is 35.4 Å². The number of hydrogen-bond donors (Lipinski definition) is 2. The third-order valence-corrected chi connectivity index (χ3v) is 14.9. The monoisotopic (exact) mass is 922 g/mol. The molecule has 1 saturated carbocycles. The number of rotatable bonds is 13. The third kappa shape index (κ3) is 10.3. The molecule has 0 unspecified atom stereocenters. The highest BCUT2D eigenvalue weighted by Crippen LogP contribution is 2.43. The van der Waals surface area contributed by atoms with Gasteiger partial charge in [-0.3, -0.25) is 19.8 Å². The van der Waals surface area contributed by atoms with Gasteiger partial charge in [-0.15, -0.1) is 0 Å². The van der Waals surface area contributed by atoms with Crippen molar-refractivity contribution in [2.75, 3.05) is 50.8 Å². The van der Waals surface area contributed by atoms with E-state index in [0.717, 1.165) is 99.8 Å². The lowest BCUT2D eigenvalue weighted by atomic mass is 9.73. The fraction of sp³-hybridized carbons (Fsp3) is 0.429. The van der Waals surface area contributed by atoms with Gasteiger partial charge < -0.3 is 24.1 Å². The summed E-state index contributed by atoms with van der Waals surface area (Å²) in [5.41, 5.74) is 5.67. The zero-order chi connectivity index (χ0) is 45.3. The highest BCUT2D eigenvalue weighted by atomic mass is 35.5. The molecular formula is C49H55ClN6O8S. The highest BCUT2D eigenvalue weighted by Gasteiger charge is 2.34. The number of aromatic nitrogens is 2. The molecule has 2 aromatic heterocycles. The Balaban J connectivity index is 0.930. The molecule has 1 atom stereocenters. The number of nitrogens with zero attached hydrogens (tertiary/aromatic N) is 4. The molecule has 16 heteroatoms. The van der Waals surface area contributed by atoms with Crippen molar-refractivity contribution in [2.45, 2.75) is 82.6 Å². The van der Waals surface area contributed by atoms with E-state index >= 15 is 0 Å². The molecule has 4 heterocycles. The number of nitro benzene ring substituents is 1. The van der Waals surface area contributed by atoms with E-state index in [9.17, 15) is 23.3 Å². The van der Waals surface area contributed by atoms with Gasteiger partial charge in [0.1, 0.15) is 22.9 Å². The Hall–Kier alpha value is -5.48. The van der Waals surface area contributed by atoms with Crippen LogP contribution in [0.1, 0.15) is 86.7 Å². The van der Waals surface area contributed by atoms with E-state index in [4.69, 9.17) is 25.8 Å². The number of H-pyrrole nitrogens is 1. The van der Waals surface area contributed by atoms with E-state index < -0.39 is 25.7 Å². The van der Waals surface area contributed by atoms with E-state index in [-0.39, 0.29) is 46.8 Å². The number of anilines is 1. The lowest BCUT2D eigenvalue weighted by Crippen LogP contribution is -2.47. The van der Waals surface area contributed by atoms with Crippen LogP contribution in [0.25, 0.3) is 16.6 Å². The maximum atomic E-state index is 14.1. The quantitative estimate of drug-likeness (QED) is 0.0852. The molecule has 3 aromatic carbocycles. The number of piperazine rings is 1. The normalized spacial score (nSPS) is 19.4. The Morgan fingerprint density at radius 2 is 1.82 bits per heavy atom. The van der Waals surface area contributed by atoms with Crippen molar-refractivity contribution < 1.29 is 32.3 Å². The summed E-state index contributed by atoms with van der Waals surface area (Å²) in [6.45, 7) is 9.24. The molecular weight excluding hydrogens is 868 g/mol. The summed E-state index contributed by atoms with van der Waals surface area (Å²) in [4.78, 5) is 37.6. The minimum absolute atomic E-state index is 0.0452. The third-order valence-electron chi connectivity index (χ3n) is 13.3. The van der Waals surface area contributed by atoms with Gasteiger partial charge in [0.2, 0.25) is 0 Å². The summed E-state index contributed by atoms with van der Waals surface area (Å²) < 4.78 is 48.5. The molecule has 0 radical (unpaired) electrons. The number of aromatic amines is 1. The van der Waals surface area contributed by atoms with Gasteiger partial charge in [0.25, 0.3) is 21.6 Å². The van der Waals surface area contributed by atoms with E-state index in [1.54, 1.807) is 30.5 Å². The molecule has 2 fully saturated rings. The molecule has 342 valence electrons. The van der Waals surface area contributed by atoms with Crippen LogP contribution in [-0.2, 0) is 21.2 Å². The van der Waals surface area contributed by atoms with Crippen molar-refractivity contribution >= 4 is 55.5 Å². The highest BCUT2D eigenvalue weighted by molar-refractivity contribution is 7.90. The van der Waals surface area contributed by atoms with Crippen molar-refractivity contribution in [1.29, 1.82) is 0 Å². The molecule has 4 aliphatic rings. The number of pyridine rings is 1. The number of allylic oxidation sites excluding steroid dienone is 1. The second-order valence-electron chi connectivity index (χ2n) is 18.6. The molecule has 0 bridgehead atoms. The van der Waals surface area contributed by atoms with E-state index in [0.29, 0.717) is 30.0 Å². The molecule has 2 aliphatic carbocycles. The van der Waals surface area contributed by atoms with Crippen molar-refractivity contribution in [3.63, 3.8) is 0 Å². The Bertz CT molecular complexity index is 2720. The van der Waals surface area contributed by atoms with Gasteiger partial charge in [0, 0.05) is 79.1 Å². The van der Waals surface area contributed by atoms with Gasteiger partial charge in [-0.2, -0.15) is 0 Å². The smallest absolute Gasteiger partial charge is 0.277 e. The second-order valence-corrected chi connectivity index (χ2v) is 20.8. The van der Waals surface area contributed by atoms with Crippen molar-refractivity contribution in [2.24, 2.45) is 11.3 Å². The number of nitro groups is 1. The van der Waals surface area contributed by atoms with Gasteiger partial charge in [-0.05, 0) is 91.5 Å². The van der Waals surface area contributed by atoms with Crippen LogP contribution in [0.15, 0.2) is 89.6 Å². The van der Waals surface area contributed by atoms with E-state index in [1.807, 2.05) is 18.2 Å². The van der Waals surface area contributed by atoms with Crippen LogP contribution >= 0.6 is 11.6 Å². The topological polar surface area (TPSA) is 169 Å². The average molecular weight is 924 g/mol. The van der Waals surface area contributed by atoms with Gasteiger partial charge in [-0.25, -0.2) is 18.1 Å². The predicted molar refractivity (Wildman–Crippen MR) is 251 cm³/mol. The Morgan fingerprint density at radius 1 is 1.03 bits per heavy atom. The lowest BCUT2D eigenvalue weighted by Gasteiger charge is -2.39. The summed E-state index contributed by atoms with van der Waals surface area (Å²) in [6.07, 6.45) is 12.4. The molecule has 1 saturated heterocycles. The molecule has 9 rings (SSSR count). The van der Waals surface area contributed by atoms with Gasteiger partial charge in [0.15, 0.2) is 0 Å². The summed E-state index contributed by atoms with van der Waals surface area (Å²) in [7, 11) is -4.63. The number of fused-ring (bicyclic) bond motifs is 2. The van der Waals surface area contributed by atoms with Crippen molar-refractivity contribution in [3.8, 4) is 17.2 Å². The molecule has 1 amide bonds. The predicted octanol–water partition coefficient (Wildman–Crippen LogP) is 9.72. The fourth-order valence-corrected chi connectivity index (χ4v) is 10.9. The number of halogens is 1. The van der Waals surface area contributed by atoms with Crippen LogP contribution in [-0.4, -0.2) is 86.2 Å². The van der Waals surface area contributed by atoms with Crippen LogP contribution in [0.5, 0.6) is 17.2 Å². The second kappa shape index (κ2) is 18.8. The van der Waals surface area contributed by atoms with Crippen LogP contribution in [0, 0.1) is 21.4 Å². The first-order valence-electron chi connectivity index (χ1n) is 22.6. The van der Waals surface area contributed by atoms with Crippen LogP contribution in [0.3, 0.4) is 0 Å². The Labute approximate surface area is 384 Å². The SMILES string of the molecule is CC1(C)CCC(c2ccc(Cl)cc2)=C(CN2CCN(c3ccc(C(=O)NS(=O)(=O)c4cc5c(c([N+](=O)[O-])c4)C[C@H](COC4CCCCC4)CO5)c(Oc4cnc5[nH]ccc5c4)c3)CC2)C1. The number of benzene rings is 3. The summed E-state index contributed by atoms with van der Waals surface area (Å²) in [5, 5.41) is 13.9. The van der Waals surface area contributed by atoms with Crippen LogP contribution < -0.4 is 19.1 Å². The molecule has 0 spiro atoms. The van der Waals surface area contributed by atoms with Gasteiger partial charge in [-0.1, -0.05) is 62.4 Å². The number of carbonyl (C=O) groups excluding carboxylic acids is 1. The summed E-state index contributed by atoms with van der Waals surface area (Å²) >= 11 is 6.24. The zero-order valence-electron chi connectivity index (χ0n) is 36.8. The molecule has 2 aliphatic heterocycles. The van der Waals surface area contributed by atoms with Gasteiger partial charge in [0.05, 0.1) is 46.5 Å². The molecule has 2 N–H and O–H groups in total. The number of amides is 1. The lowest BCUT2D eigenvalue weighted by molar-refractivity contribution is -0.386. The number of ether oxygens (including phenoxy) is 3. The minimum Gasteiger partial charge on any atom is -0.493 e. The standard InChI is InChI=1S/C49H55ClN6O8S/c1-49(2)16-14-41(33-8-10-36(50)11-9-33)35(27-49)29-54-18-20-55(21-19-54)37-12-13-42(46(24-37)64-39-23-34-15-17-51-47(34)52-28-39)48(57)53-65(60,61)40-25-44(56(58)59)43-22-32(31-63-45(43)26-40)30-62-38-6-4-3-5-7-38/h8-13,15,17,23-26,28,32,38H,3-7,14,16,18-22,27,29-31H2,1-2H3,(H,51,52)(H,53,57)/t32-/m1/s1. The molecule has 65 heavy (non-hydrogen) atoms. The number of carbonyl (C=O) groups is 1. The molecule has 5 aromatic rings.